The minimum atomic E-state index is -0.0879. The van der Waals surface area contributed by atoms with Gasteiger partial charge in [0.1, 0.15) is 10.6 Å². The summed E-state index contributed by atoms with van der Waals surface area (Å²) in [5.41, 5.74) is 2.91. The second kappa shape index (κ2) is 7.32. The number of aromatic amines is 1. The van der Waals surface area contributed by atoms with E-state index in [9.17, 15) is 4.79 Å². The fraction of sp³-hybridized carbons (Fsp3) is 0.400. The van der Waals surface area contributed by atoms with Gasteiger partial charge in [-0.3, -0.25) is 9.78 Å². The molecule has 1 saturated heterocycles. The van der Waals surface area contributed by atoms with Gasteiger partial charge in [0.05, 0.1) is 12.5 Å². The number of ether oxygens (including phenoxy) is 1. The number of methoxy groups -OCH3 is 1. The van der Waals surface area contributed by atoms with E-state index >= 15 is 0 Å². The van der Waals surface area contributed by atoms with Gasteiger partial charge in [-0.1, -0.05) is 11.6 Å². The minimum Gasteiger partial charge on any atom is -0.496 e. The highest BCUT2D eigenvalue weighted by atomic mass is 32.1. The number of benzene rings is 1. The van der Waals surface area contributed by atoms with Crippen molar-refractivity contribution in [3.8, 4) is 16.9 Å². The van der Waals surface area contributed by atoms with E-state index in [0.29, 0.717) is 11.3 Å². The van der Waals surface area contributed by atoms with E-state index in [1.807, 2.05) is 26.0 Å². The monoisotopic (exact) mass is 384 g/mol. The van der Waals surface area contributed by atoms with Crippen LogP contribution in [0.25, 0.3) is 21.3 Å². The van der Waals surface area contributed by atoms with Crippen molar-refractivity contribution in [2.75, 3.05) is 38.2 Å². The number of aryl methyl sites for hydroxylation is 2. The molecular weight excluding hydrogens is 360 g/mol. The van der Waals surface area contributed by atoms with E-state index < -0.39 is 0 Å². The van der Waals surface area contributed by atoms with Gasteiger partial charge >= 0.3 is 0 Å². The molecule has 3 aromatic rings. The van der Waals surface area contributed by atoms with Gasteiger partial charge in [-0.05, 0) is 38.9 Å². The Balaban J connectivity index is 1.88. The average molecular weight is 385 g/mol. The molecule has 3 heterocycles. The normalized spacial score (nSPS) is 15.1. The van der Waals surface area contributed by atoms with Crippen molar-refractivity contribution in [1.82, 2.24) is 15.3 Å². The zero-order valence-corrected chi connectivity index (χ0v) is 16.7. The maximum absolute atomic E-state index is 13.0. The summed E-state index contributed by atoms with van der Waals surface area (Å²) < 4.78 is 5.56. The molecule has 27 heavy (non-hydrogen) atoms. The van der Waals surface area contributed by atoms with Crippen LogP contribution in [-0.4, -0.2) is 43.3 Å². The number of rotatable bonds is 3. The number of H-pyrrole nitrogens is 1. The van der Waals surface area contributed by atoms with Gasteiger partial charge in [0.15, 0.2) is 0 Å². The first-order chi connectivity index (χ1) is 13.1. The fourth-order valence-electron chi connectivity index (χ4n) is 3.66. The molecule has 6 nitrogen and oxygen atoms in total. The average Bonchev–Trinajstić information content (AvgIpc) is 2.82. The predicted octanol–water partition coefficient (Wildman–Crippen LogP) is 3.08. The van der Waals surface area contributed by atoms with Crippen molar-refractivity contribution in [2.24, 2.45) is 0 Å². The Kier molecular flexibility index (Phi) is 4.88. The highest BCUT2D eigenvalue weighted by Crippen LogP contribution is 2.40. The molecule has 142 valence electrons. The largest absolute Gasteiger partial charge is 0.496 e. The Morgan fingerprint density at radius 3 is 2.89 bits per heavy atom. The van der Waals surface area contributed by atoms with Gasteiger partial charge in [0.25, 0.3) is 5.56 Å². The summed E-state index contributed by atoms with van der Waals surface area (Å²) in [6.07, 6.45) is 1.04. The first kappa shape index (κ1) is 18.0. The van der Waals surface area contributed by atoms with E-state index in [-0.39, 0.29) is 5.56 Å². The number of nitrogens with one attached hydrogen (secondary N) is 2. The molecule has 0 atom stereocenters. The maximum atomic E-state index is 13.0. The van der Waals surface area contributed by atoms with Crippen molar-refractivity contribution < 1.29 is 4.74 Å². The van der Waals surface area contributed by atoms with Crippen LogP contribution >= 0.6 is 11.3 Å². The summed E-state index contributed by atoms with van der Waals surface area (Å²) in [4.78, 5) is 24.9. The van der Waals surface area contributed by atoms with E-state index in [4.69, 9.17) is 9.72 Å². The topological polar surface area (TPSA) is 70.2 Å². The van der Waals surface area contributed by atoms with Crippen molar-refractivity contribution in [2.45, 2.75) is 20.3 Å². The Labute approximate surface area is 162 Å². The van der Waals surface area contributed by atoms with Crippen LogP contribution in [-0.2, 0) is 0 Å². The third-order valence-electron chi connectivity index (χ3n) is 4.99. The van der Waals surface area contributed by atoms with Crippen LogP contribution in [0.5, 0.6) is 5.75 Å². The van der Waals surface area contributed by atoms with Crippen LogP contribution in [0.4, 0.5) is 5.95 Å². The Hall–Kier alpha value is -2.38. The van der Waals surface area contributed by atoms with Crippen molar-refractivity contribution >= 4 is 27.5 Å². The van der Waals surface area contributed by atoms with E-state index in [0.717, 1.165) is 64.7 Å². The van der Waals surface area contributed by atoms with Crippen LogP contribution in [0.2, 0.25) is 0 Å². The molecular formula is C20H24N4O2S. The van der Waals surface area contributed by atoms with Gasteiger partial charge in [0, 0.05) is 35.6 Å². The van der Waals surface area contributed by atoms with Crippen LogP contribution in [0.15, 0.2) is 23.0 Å². The predicted molar refractivity (Wildman–Crippen MR) is 111 cm³/mol. The first-order valence-electron chi connectivity index (χ1n) is 9.22. The molecule has 0 unspecified atom stereocenters. The van der Waals surface area contributed by atoms with Gasteiger partial charge in [-0.2, -0.15) is 0 Å². The standard InChI is InChI=1S/C20H24N4O2S/c1-12-5-6-15(26-3)14(11-12)16-13(2)27-19-17(16)18(25)22-20(23-19)24-9-4-7-21-8-10-24/h5-6,11,21H,4,7-10H2,1-3H3,(H,22,23,25). The smallest absolute Gasteiger partial charge is 0.261 e. The molecule has 0 radical (unpaired) electrons. The molecule has 0 amide bonds. The van der Waals surface area contributed by atoms with Gasteiger partial charge in [-0.25, -0.2) is 4.98 Å². The number of fused-ring (bicyclic) bond motifs is 1. The lowest BCUT2D eigenvalue weighted by Gasteiger charge is -2.20. The highest BCUT2D eigenvalue weighted by Gasteiger charge is 2.21. The lowest BCUT2D eigenvalue weighted by atomic mass is 10.0. The minimum absolute atomic E-state index is 0.0879. The molecule has 2 N–H and O–H groups in total. The van der Waals surface area contributed by atoms with Gasteiger partial charge < -0.3 is 15.0 Å². The van der Waals surface area contributed by atoms with E-state index in [1.54, 1.807) is 18.4 Å². The summed E-state index contributed by atoms with van der Waals surface area (Å²) in [7, 11) is 1.66. The number of nitrogens with zero attached hydrogens (tertiary/aromatic N) is 2. The van der Waals surface area contributed by atoms with Crippen LogP contribution in [0, 0.1) is 13.8 Å². The lowest BCUT2D eigenvalue weighted by molar-refractivity contribution is 0.416. The third-order valence-corrected chi connectivity index (χ3v) is 5.99. The number of hydrogen-bond donors (Lipinski definition) is 2. The van der Waals surface area contributed by atoms with E-state index in [1.165, 1.54) is 0 Å². The summed E-state index contributed by atoms with van der Waals surface area (Å²) in [5.74, 6) is 1.44. The summed E-state index contributed by atoms with van der Waals surface area (Å²) in [6.45, 7) is 7.72. The van der Waals surface area contributed by atoms with Gasteiger partial charge in [0.2, 0.25) is 5.95 Å². The second-order valence-electron chi connectivity index (χ2n) is 6.90. The second-order valence-corrected chi connectivity index (χ2v) is 8.10. The molecule has 0 bridgehead atoms. The van der Waals surface area contributed by atoms with Crippen molar-refractivity contribution in [3.63, 3.8) is 0 Å². The molecule has 0 aliphatic carbocycles. The molecule has 2 aromatic heterocycles. The van der Waals surface area contributed by atoms with E-state index in [2.05, 4.69) is 21.3 Å². The molecule has 4 rings (SSSR count). The maximum Gasteiger partial charge on any atom is 0.261 e. The number of anilines is 1. The zero-order valence-electron chi connectivity index (χ0n) is 15.9. The first-order valence-corrected chi connectivity index (χ1v) is 10.0. The number of hydrogen-bond acceptors (Lipinski definition) is 6. The zero-order chi connectivity index (χ0) is 19.0. The van der Waals surface area contributed by atoms with Crippen molar-refractivity contribution in [3.05, 3.63) is 39.0 Å². The highest BCUT2D eigenvalue weighted by molar-refractivity contribution is 7.19. The molecule has 1 aliphatic heterocycles. The molecule has 1 aromatic carbocycles. The molecule has 7 heteroatoms. The van der Waals surface area contributed by atoms with Gasteiger partial charge in [-0.15, -0.1) is 11.3 Å². The number of aromatic nitrogens is 2. The quantitative estimate of drug-likeness (QED) is 0.726. The summed E-state index contributed by atoms with van der Waals surface area (Å²) >= 11 is 1.57. The summed E-state index contributed by atoms with van der Waals surface area (Å²) in [5, 5.41) is 4.03. The van der Waals surface area contributed by atoms with Crippen LogP contribution in [0.3, 0.4) is 0 Å². The summed E-state index contributed by atoms with van der Waals surface area (Å²) in [6, 6.07) is 6.04. The molecule has 1 fully saturated rings. The Morgan fingerprint density at radius 1 is 1.22 bits per heavy atom. The van der Waals surface area contributed by atoms with Crippen LogP contribution < -0.4 is 20.5 Å². The van der Waals surface area contributed by atoms with Crippen molar-refractivity contribution in [1.29, 1.82) is 0 Å². The Bertz CT molecular complexity index is 1030. The lowest BCUT2D eigenvalue weighted by Crippen LogP contribution is -2.31. The molecule has 0 spiro atoms. The Morgan fingerprint density at radius 2 is 2.07 bits per heavy atom. The fourth-order valence-corrected chi connectivity index (χ4v) is 4.69. The molecule has 0 saturated carbocycles. The third kappa shape index (κ3) is 3.33. The number of thiophene rings is 1. The SMILES string of the molecule is COc1ccc(C)cc1-c1c(C)sc2nc(N3CCCNCC3)[nH]c(=O)c12. The molecule has 1 aliphatic rings. The van der Waals surface area contributed by atoms with Crippen LogP contribution in [0.1, 0.15) is 16.9 Å².